The fourth-order valence-corrected chi connectivity index (χ4v) is 6.48. The SMILES string of the molecule is CN(C)C(=O)CN(C(=O)OCc1ccccc1)[C@H]1CCCC2(CC3CCC2(C)C3(C)C)O1. The summed E-state index contributed by atoms with van der Waals surface area (Å²) >= 11 is 0. The maximum atomic E-state index is 13.2. The van der Waals surface area contributed by atoms with E-state index in [-0.39, 0.29) is 35.5 Å². The molecule has 3 unspecified atom stereocenters. The lowest BCUT2D eigenvalue weighted by atomic mass is 9.62. The average molecular weight is 443 g/mol. The van der Waals surface area contributed by atoms with Crippen molar-refractivity contribution in [3.8, 4) is 0 Å². The van der Waals surface area contributed by atoms with Gasteiger partial charge in [0.2, 0.25) is 5.91 Å². The van der Waals surface area contributed by atoms with Crippen LogP contribution in [0.2, 0.25) is 0 Å². The van der Waals surface area contributed by atoms with Crippen molar-refractivity contribution in [2.24, 2.45) is 16.7 Å². The minimum atomic E-state index is -0.487. The lowest BCUT2D eigenvalue weighted by molar-refractivity contribution is -0.229. The van der Waals surface area contributed by atoms with E-state index in [1.807, 2.05) is 30.3 Å². The summed E-state index contributed by atoms with van der Waals surface area (Å²) in [5.74, 6) is 0.512. The molecule has 6 nitrogen and oxygen atoms in total. The quantitative estimate of drug-likeness (QED) is 0.656. The molecule has 1 spiro atoms. The molecule has 4 atom stereocenters. The van der Waals surface area contributed by atoms with Gasteiger partial charge >= 0.3 is 6.09 Å². The Bertz CT molecular complexity index is 855. The van der Waals surface area contributed by atoms with Gasteiger partial charge in [0.25, 0.3) is 0 Å². The number of hydrogen-bond donors (Lipinski definition) is 0. The van der Waals surface area contributed by atoms with Crippen molar-refractivity contribution in [3.05, 3.63) is 35.9 Å². The highest BCUT2D eigenvalue weighted by atomic mass is 16.6. The van der Waals surface area contributed by atoms with Gasteiger partial charge in [0.05, 0.1) is 5.60 Å². The van der Waals surface area contributed by atoms with Crippen LogP contribution < -0.4 is 0 Å². The van der Waals surface area contributed by atoms with E-state index in [4.69, 9.17) is 9.47 Å². The Morgan fingerprint density at radius 2 is 1.81 bits per heavy atom. The molecular weight excluding hydrogens is 404 g/mol. The Labute approximate surface area is 192 Å². The van der Waals surface area contributed by atoms with E-state index < -0.39 is 12.3 Å². The van der Waals surface area contributed by atoms with Crippen molar-refractivity contribution < 1.29 is 19.1 Å². The van der Waals surface area contributed by atoms with Gasteiger partial charge in [0, 0.05) is 19.5 Å². The fourth-order valence-electron chi connectivity index (χ4n) is 6.48. The van der Waals surface area contributed by atoms with E-state index >= 15 is 0 Å². The number of ether oxygens (including phenoxy) is 2. The van der Waals surface area contributed by atoms with Gasteiger partial charge in [-0.25, -0.2) is 4.79 Å². The predicted octanol–water partition coefficient (Wildman–Crippen LogP) is 4.83. The molecule has 2 saturated carbocycles. The van der Waals surface area contributed by atoms with Gasteiger partial charge in [-0.05, 0) is 55.4 Å². The number of nitrogens with zero attached hydrogens (tertiary/aromatic N) is 2. The molecule has 176 valence electrons. The predicted molar refractivity (Wildman–Crippen MR) is 123 cm³/mol. The van der Waals surface area contributed by atoms with Crippen LogP contribution in [0.5, 0.6) is 0 Å². The summed E-state index contributed by atoms with van der Waals surface area (Å²) in [6.45, 7) is 7.29. The molecule has 1 aromatic carbocycles. The maximum absolute atomic E-state index is 13.2. The zero-order valence-corrected chi connectivity index (χ0v) is 20.2. The second-order valence-corrected chi connectivity index (χ2v) is 10.9. The van der Waals surface area contributed by atoms with Crippen LogP contribution in [0.4, 0.5) is 4.79 Å². The van der Waals surface area contributed by atoms with Crippen LogP contribution in [0.25, 0.3) is 0 Å². The van der Waals surface area contributed by atoms with E-state index in [1.165, 1.54) is 16.2 Å². The molecule has 4 rings (SSSR count). The highest BCUT2D eigenvalue weighted by Crippen LogP contribution is 2.72. The molecule has 1 aliphatic heterocycles. The normalized spacial score (nSPS) is 32.7. The van der Waals surface area contributed by atoms with Crippen molar-refractivity contribution in [1.29, 1.82) is 0 Å². The van der Waals surface area contributed by atoms with Crippen molar-refractivity contribution >= 4 is 12.0 Å². The number of likely N-dealkylation sites (N-methyl/N-ethyl adjacent to an activating group) is 1. The van der Waals surface area contributed by atoms with E-state index in [1.54, 1.807) is 14.1 Å². The van der Waals surface area contributed by atoms with Crippen molar-refractivity contribution in [1.82, 2.24) is 9.80 Å². The average Bonchev–Trinajstić information content (AvgIpc) is 3.08. The summed E-state index contributed by atoms with van der Waals surface area (Å²) in [6, 6.07) is 9.62. The second-order valence-electron chi connectivity index (χ2n) is 10.9. The Morgan fingerprint density at radius 3 is 2.41 bits per heavy atom. The van der Waals surface area contributed by atoms with Crippen LogP contribution in [0.3, 0.4) is 0 Å². The first-order chi connectivity index (χ1) is 15.1. The summed E-state index contributed by atoms with van der Waals surface area (Å²) < 4.78 is 12.5. The summed E-state index contributed by atoms with van der Waals surface area (Å²) in [7, 11) is 3.41. The third-order valence-electron chi connectivity index (χ3n) is 9.00. The highest BCUT2D eigenvalue weighted by Gasteiger charge is 2.70. The molecule has 1 heterocycles. The minimum Gasteiger partial charge on any atom is -0.444 e. The first-order valence-corrected chi connectivity index (χ1v) is 11.9. The van der Waals surface area contributed by atoms with Crippen molar-refractivity contribution in [2.75, 3.05) is 20.6 Å². The van der Waals surface area contributed by atoms with Gasteiger partial charge in [0.15, 0.2) is 0 Å². The zero-order chi connectivity index (χ0) is 23.1. The second kappa shape index (κ2) is 8.36. The van der Waals surface area contributed by atoms with Crippen molar-refractivity contribution in [3.63, 3.8) is 0 Å². The van der Waals surface area contributed by atoms with E-state index in [0.29, 0.717) is 5.92 Å². The number of carbonyl (C=O) groups excluding carboxylic acids is 2. The van der Waals surface area contributed by atoms with Gasteiger partial charge < -0.3 is 14.4 Å². The van der Waals surface area contributed by atoms with Crippen LogP contribution in [-0.2, 0) is 20.9 Å². The van der Waals surface area contributed by atoms with Gasteiger partial charge in [-0.2, -0.15) is 0 Å². The van der Waals surface area contributed by atoms with Crippen LogP contribution in [0, 0.1) is 16.7 Å². The maximum Gasteiger partial charge on any atom is 0.412 e. The topological polar surface area (TPSA) is 59.1 Å². The first-order valence-electron chi connectivity index (χ1n) is 11.9. The fraction of sp³-hybridized carbons (Fsp3) is 0.692. The zero-order valence-electron chi connectivity index (χ0n) is 20.2. The lowest BCUT2D eigenvalue weighted by Crippen LogP contribution is -2.58. The molecule has 1 saturated heterocycles. The Hall–Kier alpha value is -2.08. The Balaban J connectivity index is 1.54. The Morgan fingerprint density at radius 1 is 1.09 bits per heavy atom. The number of hydrogen-bond acceptors (Lipinski definition) is 4. The molecular formula is C26H38N2O4. The van der Waals surface area contributed by atoms with E-state index in [0.717, 1.165) is 37.7 Å². The first kappa shape index (κ1) is 23.1. The molecule has 32 heavy (non-hydrogen) atoms. The molecule has 3 aliphatic rings. The molecule has 0 aromatic heterocycles. The van der Waals surface area contributed by atoms with Crippen molar-refractivity contribution in [2.45, 2.75) is 77.7 Å². The van der Waals surface area contributed by atoms with E-state index in [2.05, 4.69) is 20.8 Å². The molecule has 2 aliphatic carbocycles. The third-order valence-corrected chi connectivity index (χ3v) is 9.00. The Kier molecular flexibility index (Phi) is 6.03. The monoisotopic (exact) mass is 442 g/mol. The summed E-state index contributed by atoms with van der Waals surface area (Å²) in [4.78, 5) is 28.8. The lowest BCUT2D eigenvalue weighted by Gasteiger charge is -2.53. The van der Waals surface area contributed by atoms with Gasteiger partial charge in [-0.1, -0.05) is 51.1 Å². The summed E-state index contributed by atoms with van der Waals surface area (Å²) in [5.41, 5.74) is 0.978. The minimum absolute atomic E-state index is 0.0368. The van der Waals surface area contributed by atoms with Crippen LogP contribution in [0.1, 0.15) is 64.9 Å². The van der Waals surface area contributed by atoms with Crippen LogP contribution >= 0.6 is 0 Å². The molecule has 0 radical (unpaired) electrons. The standard InChI is InChI=1S/C26H38N2O4/c1-24(2)20-13-15-25(24,3)26(16-20)14-9-12-22(32-26)28(17-21(29)27(4)5)23(30)31-18-19-10-7-6-8-11-19/h6-8,10-11,20,22H,9,12-18H2,1-5H3/t20?,22-,25?,26?/m1/s1. The number of carbonyl (C=O) groups is 2. The molecule has 3 fully saturated rings. The highest BCUT2D eigenvalue weighted by molar-refractivity contribution is 5.82. The summed E-state index contributed by atoms with van der Waals surface area (Å²) in [6.07, 6.45) is 5.26. The molecule has 6 heteroatoms. The molecule has 2 bridgehead atoms. The molecule has 2 amide bonds. The molecule has 0 N–H and O–H groups in total. The van der Waals surface area contributed by atoms with Gasteiger partial charge in [0.1, 0.15) is 19.4 Å². The van der Waals surface area contributed by atoms with Crippen LogP contribution in [0.15, 0.2) is 30.3 Å². The van der Waals surface area contributed by atoms with Gasteiger partial charge in [-0.15, -0.1) is 0 Å². The number of amides is 2. The number of benzene rings is 1. The van der Waals surface area contributed by atoms with E-state index in [9.17, 15) is 9.59 Å². The third kappa shape index (κ3) is 3.70. The largest absolute Gasteiger partial charge is 0.444 e. The van der Waals surface area contributed by atoms with Crippen LogP contribution in [-0.4, -0.2) is 54.3 Å². The number of fused-ring (bicyclic) bond motifs is 3. The van der Waals surface area contributed by atoms with Gasteiger partial charge in [-0.3, -0.25) is 9.69 Å². The number of rotatable bonds is 5. The summed E-state index contributed by atoms with van der Waals surface area (Å²) in [5, 5.41) is 0. The molecule has 1 aromatic rings. The smallest absolute Gasteiger partial charge is 0.412 e.